The summed E-state index contributed by atoms with van der Waals surface area (Å²) in [4.78, 5) is 6.74. The molecule has 30 heavy (non-hydrogen) atoms. The van der Waals surface area contributed by atoms with E-state index in [2.05, 4.69) is 91.3 Å². The Morgan fingerprint density at radius 1 is 0.900 bits per heavy atom. The van der Waals surface area contributed by atoms with Gasteiger partial charge in [-0.3, -0.25) is 0 Å². The molecule has 158 valence electrons. The molecule has 1 heterocycles. The van der Waals surface area contributed by atoms with E-state index in [1.54, 1.807) is 0 Å². The fourth-order valence-corrected chi connectivity index (χ4v) is 8.54. The fraction of sp³-hybridized carbons (Fsp3) is 0.320. The summed E-state index contributed by atoms with van der Waals surface area (Å²) in [5.74, 6) is 0.910. The number of benzene rings is 2. The van der Waals surface area contributed by atoms with E-state index in [0.717, 1.165) is 23.7 Å². The molecule has 4 nitrogen and oxygen atoms in total. The average molecular weight is 420 g/mol. The molecule has 0 fully saturated rings. The lowest BCUT2D eigenvalue weighted by Crippen LogP contribution is -2.67. The van der Waals surface area contributed by atoms with E-state index in [0.29, 0.717) is 6.61 Å². The molecule has 3 rings (SSSR count). The van der Waals surface area contributed by atoms with Gasteiger partial charge in [-0.1, -0.05) is 81.4 Å². The quantitative estimate of drug-likeness (QED) is 0.589. The molecule has 0 spiro atoms. The summed E-state index contributed by atoms with van der Waals surface area (Å²) in [6, 6.07) is 25.4. The number of hydrogen-bond acceptors (Lipinski definition) is 4. The summed E-state index contributed by atoms with van der Waals surface area (Å²) >= 11 is 0. The minimum absolute atomic E-state index is 0.0235. The normalized spacial score (nSPS) is 12.0. The van der Waals surface area contributed by atoms with Crippen molar-refractivity contribution < 1.29 is 4.43 Å². The largest absolute Gasteiger partial charge is 0.406 e. The molecular weight excluding hydrogens is 386 g/mol. The van der Waals surface area contributed by atoms with E-state index in [4.69, 9.17) is 10.2 Å². The molecule has 5 heteroatoms. The number of aryl methyl sites for hydroxylation is 1. The maximum atomic E-state index is 6.96. The summed E-state index contributed by atoms with van der Waals surface area (Å²) in [6.45, 7) is 10.2. The number of likely N-dealkylation sites (N-methyl/N-ethyl adjacent to an activating group) is 1. The molecule has 0 radical (unpaired) electrons. The predicted octanol–water partition coefficient (Wildman–Crippen LogP) is 3.99. The zero-order valence-electron chi connectivity index (χ0n) is 18.7. The van der Waals surface area contributed by atoms with Gasteiger partial charge < -0.3 is 15.1 Å². The fourth-order valence-electron chi connectivity index (χ4n) is 3.98. The van der Waals surface area contributed by atoms with Crippen LogP contribution in [0.15, 0.2) is 72.8 Å². The molecule has 2 N–H and O–H groups in total. The molecule has 0 bridgehead atoms. The molecule has 0 saturated carbocycles. The van der Waals surface area contributed by atoms with Crippen LogP contribution in [0, 0.1) is 6.92 Å². The van der Waals surface area contributed by atoms with E-state index in [-0.39, 0.29) is 5.04 Å². The van der Waals surface area contributed by atoms with Crippen molar-refractivity contribution in [3.8, 4) is 0 Å². The molecule has 0 amide bonds. The van der Waals surface area contributed by atoms with Gasteiger partial charge in [-0.25, -0.2) is 4.98 Å². The van der Waals surface area contributed by atoms with Crippen molar-refractivity contribution in [1.82, 2.24) is 4.98 Å². The minimum Gasteiger partial charge on any atom is -0.406 e. The van der Waals surface area contributed by atoms with Crippen LogP contribution in [0.1, 0.15) is 26.5 Å². The molecule has 0 aliphatic rings. The lowest BCUT2D eigenvalue weighted by Gasteiger charge is -2.43. The molecule has 2 aromatic carbocycles. The van der Waals surface area contributed by atoms with Gasteiger partial charge in [0.2, 0.25) is 0 Å². The second-order valence-electron chi connectivity index (χ2n) is 8.78. The first-order chi connectivity index (χ1) is 14.3. The van der Waals surface area contributed by atoms with Crippen LogP contribution >= 0.6 is 0 Å². The van der Waals surface area contributed by atoms with Crippen LogP contribution in [0.5, 0.6) is 0 Å². The van der Waals surface area contributed by atoms with E-state index in [1.807, 2.05) is 26.1 Å². The number of hydrogen-bond donors (Lipinski definition) is 1. The Kier molecular flexibility index (Phi) is 6.63. The standard InChI is InChI=1S/C25H33N3OSi/c1-20-23(26)16-17-24(27-20)28(5)18-19-29-30(25(2,3)4,21-12-8-6-9-13-21)22-14-10-7-11-15-22/h6-17H,18-19,26H2,1-5H3. The third kappa shape index (κ3) is 4.42. The topological polar surface area (TPSA) is 51.4 Å². The summed E-state index contributed by atoms with van der Waals surface area (Å²) in [5.41, 5.74) is 7.49. The Hall–Kier alpha value is -2.63. The van der Waals surface area contributed by atoms with Crippen LogP contribution in [0.2, 0.25) is 5.04 Å². The van der Waals surface area contributed by atoms with Crippen molar-refractivity contribution in [1.29, 1.82) is 0 Å². The molecule has 0 saturated heterocycles. The third-order valence-corrected chi connectivity index (χ3v) is 10.7. The van der Waals surface area contributed by atoms with Crippen molar-refractivity contribution in [3.63, 3.8) is 0 Å². The summed E-state index contributed by atoms with van der Waals surface area (Å²) in [7, 11) is -0.456. The van der Waals surface area contributed by atoms with Gasteiger partial charge in [-0.15, -0.1) is 0 Å². The maximum absolute atomic E-state index is 6.96. The first kappa shape index (κ1) is 22.1. The van der Waals surface area contributed by atoms with Gasteiger partial charge >= 0.3 is 0 Å². The Labute approximate surface area is 181 Å². The summed E-state index contributed by atoms with van der Waals surface area (Å²) < 4.78 is 6.96. The van der Waals surface area contributed by atoms with E-state index in [9.17, 15) is 0 Å². The van der Waals surface area contributed by atoms with Crippen molar-refractivity contribution in [2.75, 3.05) is 30.8 Å². The molecule has 0 aliphatic carbocycles. The lowest BCUT2D eigenvalue weighted by molar-refractivity contribution is 0.305. The molecule has 0 aliphatic heterocycles. The summed E-state index contributed by atoms with van der Waals surface area (Å²) in [5, 5.41) is 2.57. The first-order valence-electron chi connectivity index (χ1n) is 10.4. The molecule has 1 aromatic heterocycles. The Morgan fingerprint density at radius 3 is 1.90 bits per heavy atom. The highest BCUT2D eigenvalue weighted by molar-refractivity contribution is 6.99. The van der Waals surface area contributed by atoms with Gasteiger partial charge in [0.1, 0.15) is 5.82 Å². The number of nitrogens with two attached hydrogens (primary N) is 1. The SMILES string of the molecule is Cc1nc(N(C)CCO[Si](c2ccccc2)(c2ccccc2)C(C)(C)C)ccc1N. The average Bonchev–Trinajstić information content (AvgIpc) is 2.73. The lowest BCUT2D eigenvalue weighted by atomic mass is 10.2. The van der Waals surface area contributed by atoms with Gasteiger partial charge in [0.15, 0.2) is 0 Å². The Morgan fingerprint density at radius 2 is 1.43 bits per heavy atom. The second kappa shape index (κ2) is 9.02. The highest BCUT2D eigenvalue weighted by atomic mass is 28.4. The summed E-state index contributed by atoms with van der Waals surface area (Å²) in [6.07, 6.45) is 0. The van der Waals surface area contributed by atoms with E-state index < -0.39 is 8.32 Å². The van der Waals surface area contributed by atoms with Crippen molar-refractivity contribution >= 4 is 30.2 Å². The highest BCUT2D eigenvalue weighted by Gasteiger charge is 2.50. The number of nitrogen functional groups attached to an aromatic ring is 1. The van der Waals surface area contributed by atoms with Crippen LogP contribution in [-0.4, -0.2) is 33.5 Å². The van der Waals surface area contributed by atoms with Crippen molar-refractivity contribution in [2.24, 2.45) is 0 Å². The van der Waals surface area contributed by atoms with Gasteiger partial charge in [-0.05, 0) is 34.5 Å². The molecule has 3 aromatic rings. The Balaban J connectivity index is 1.90. The molecule has 0 unspecified atom stereocenters. The minimum atomic E-state index is -2.50. The van der Waals surface area contributed by atoms with Crippen LogP contribution in [0.3, 0.4) is 0 Å². The zero-order valence-corrected chi connectivity index (χ0v) is 19.7. The monoisotopic (exact) mass is 419 g/mol. The van der Waals surface area contributed by atoms with Crippen LogP contribution in [0.4, 0.5) is 11.5 Å². The smallest absolute Gasteiger partial charge is 0.261 e. The van der Waals surface area contributed by atoms with Crippen LogP contribution < -0.4 is 21.0 Å². The highest BCUT2D eigenvalue weighted by Crippen LogP contribution is 2.36. The van der Waals surface area contributed by atoms with E-state index in [1.165, 1.54) is 10.4 Å². The number of rotatable bonds is 7. The first-order valence-corrected chi connectivity index (χ1v) is 12.4. The number of aromatic nitrogens is 1. The molecule has 0 atom stereocenters. The maximum Gasteiger partial charge on any atom is 0.261 e. The van der Waals surface area contributed by atoms with Crippen LogP contribution in [0.25, 0.3) is 0 Å². The molecular formula is C25H33N3OSi. The number of anilines is 2. The van der Waals surface area contributed by atoms with Crippen molar-refractivity contribution in [3.05, 3.63) is 78.5 Å². The Bertz CT molecular complexity index is 916. The number of pyridine rings is 1. The van der Waals surface area contributed by atoms with E-state index >= 15 is 0 Å². The zero-order chi connectivity index (χ0) is 21.8. The van der Waals surface area contributed by atoms with Gasteiger partial charge in [-0.2, -0.15) is 0 Å². The van der Waals surface area contributed by atoms with Gasteiger partial charge in [0, 0.05) is 13.6 Å². The predicted molar refractivity (Wildman–Crippen MR) is 130 cm³/mol. The van der Waals surface area contributed by atoms with Gasteiger partial charge in [0.05, 0.1) is 18.0 Å². The second-order valence-corrected chi connectivity index (χ2v) is 13.1. The van der Waals surface area contributed by atoms with Crippen LogP contribution in [-0.2, 0) is 4.43 Å². The van der Waals surface area contributed by atoms with Gasteiger partial charge in [0.25, 0.3) is 8.32 Å². The number of nitrogens with zero attached hydrogens (tertiary/aromatic N) is 2. The van der Waals surface area contributed by atoms with Crippen molar-refractivity contribution in [2.45, 2.75) is 32.7 Å². The third-order valence-electron chi connectivity index (χ3n) is 5.67.